The van der Waals surface area contributed by atoms with Crippen molar-refractivity contribution in [3.05, 3.63) is 133 Å². The van der Waals surface area contributed by atoms with Gasteiger partial charge in [0.1, 0.15) is 16.7 Å². The lowest BCUT2D eigenvalue weighted by molar-refractivity contribution is 0.615. The summed E-state index contributed by atoms with van der Waals surface area (Å²) in [5.41, 5.74) is -0.0693. The highest BCUT2D eigenvalue weighted by Crippen LogP contribution is 2.49. The van der Waals surface area contributed by atoms with E-state index < -0.39 is 113 Å². The third-order valence-corrected chi connectivity index (χ3v) is 7.21. The van der Waals surface area contributed by atoms with E-state index in [0.29, 0.717) is 21.7 Å². The van der Waals surface area contributed by atoms with Crippen molar-refractivity contribution >= 4 is 65.2 Å². The van der Waals surface area contributed by atoms with Crippen LogP contribution < -0.4 is 0 Å². The second-order valence-electron chi connectivity index (χ2n) is 9.32. The minimum Gasteiger partial charge on any atom is -0.464 e. The molecule has 0 N–H and O–H groups in total. The molecule has 0 fully saturated rings. The number of hydrogen-bond acceptors (Lipinski definition) is 2. The lowest BCUT2D eigenvalue weighted by atomic mass is 9.85. The zero-order chi connectivity index (χ0) is 39.3. The predicted molar refractivity (Wildman–Crippen MR) is 167 cm³/mol. The number of para-hydroxylation sites is 1. The van der Waals surface area contributed by atoms with E-state index in [-0.39, 0.29) is 43.8 Å². The molecule has 0 atom stereocenters. The van der Waals surface area contributed by atoms with E-state index in [1.165, 1.54) is 6.26 Å². The molecule has 0 unspecified atom stereocenters. The fourth-order valence-electron chi connectivity index (χ4n) is 5.55. The Kier molecular flexibility index (Phi) is 2.39. The van der Waals surface area contributed by atoms with Crippen molar-refractivity contribution in [2.75, 3.05) is 0 Å². The van der Waals surface area contributed by atoms with E-state index in [1.54, 1.807) is 18.2 Å². The summed E-state index contributed by atoms with van der Waals surface area (Å²) in [6, 6.07) is 0.215. The SMILES string of the molecule is [2H]c1c([2H])c([2H])c2c([2H])c(-c3c4c([2H])c([2H])c([2H])c([2H])c4c(-c4c5occc5cc5c4oc4ccccc45)c4c([2H])c([2H])c([2H])c([2H])c34)c([2H])c([2H])c2c1[2H]. The highest BCUT2D eigenvalue weighted by Gasteiger charge is 2.24. The van der Waals surface area contributed by atoms with Gasteiger partial charge in [-0.2, -0.15) is 0 Å². The zero-order valence-corrected chi connectivity index (χ0v) is 20.4. The quantitative estimate of drug-likeness (QED) is 0.210. The van der Waals surface area contributed by atoms with Crippen LogP contribution in [0.4, 0.5) is 0 Å². The first kappa shape index (κ1) is 11.8. The van der Waals surface area contributed by atoms with Gasteiger partial charge in [0.05, 0.1) is 32.4 Å². The van der Waals surface area contributed by atoms with E-state index >= 15 is 0 Å². The maximum atomic E-state index is 9.42. The van der Waals surface area contributed by atoms with E-state index in [1.807, 2.05) is 18.2 Å². The zero-order valence-electron chi connectivity index (χ0n) is 35.4. The van der Waals surface area contributed by atoms with Crippen LogP contribution in [0.25, 0.3) is 87.5 Å². The van der Waals surface area contributed by atoms with Crippen LogP contribution in [-0.4, -0.2) is 0 Å². The Labute approximate surface area is 250 Å². The molecule has 186 valence electrons. The van der Waals surface area contributed by atoms with E-state index in [4.69, 9.17) is 21.2 Å². The Bertz CT molecular complexity index is 3190. The molecule has 0 radical (unpaired) electrons. The molecule has 9 aromatic rings. The topological polar surface area (TPSA) is 26.3 Å². The van der Waals surface area contributed by atoms with Crippen LogP contribution in [0.3, 0.4) is 0 Å². The van der Waals surface area contributed by atoms with Gasteiger partial charge in [-0.05, 0) is 67.7 Å². The predicted octanol–water partition coefficient (Wildman–Crippen LogP) is 11.1. The average Bonchev–Trinajstić information content (AvgIpc) is 3.80. The summed E-state index contributed by atoms with van der Waals surface area (Å²) >= 11 is 0. The van der Waals surface area contributed by atoms with Crippen molar-refractivity contribution in [1.29, 1.82) is 0 Å². The Morgan fingerprint density at radius 3 is 1.95 bits per heavy atom. The minimum absolute atomic E-state index is 0.0933. The van der Waals surface area contributed by atoms with Gasteiger partial charge >= 0.3 is 0 Å². The number of rotatable bonds is 2. The molecule has 0 bridgehead atoms. The van der Waals surface area contributed by atoms with Gasteiger partial charge in [-0.1, -0.05) is 103 Å². The van der Waals surface area contributed by atoms with Crippen LogP contribution in [0.5, 0.6) is 0 Å². The molecule has 9 rings (SSSR count). The van der Waals surface area contributed by atoms with Gasteiger partial charge in [0, 0.05) is 21.7 Å². The highest BCUT2D eigenvalue weighted by atomic mass is 16.3. The summed E-state index contributed by atoms with van der Waals surface area (Å²) in [4.78, 5) is 0. The van der Waals surface area contributed by atoms with Crippen LogP contribution in [0.1, 0.15) is 20.6 Å². The van der Waals surface area contributed by atoms with Gasteiger partial charge in [-0.15, -0.1) is 0 Å². The number of benzene rings is 7. The molecule has 7 aromatic carbocycles. The van der Waals surface area contributed by atoms with E-state index in [2.05, 4.69) is 0 Å². The van der Waals surface area contributed by atoms with Gasteiger partial charge < -0.3 is 8.83 Å². The summed E-state index contributed by atoms with van der Waals surface area (Å²) in [5, 5.41) is -0.275. The first-order valence-electron chi connectivity index (χ1n) is 19.9. The van der Waals surface area contributed by atoms with Crippen molar-refractivity contribution in [3.63, 3.8) is 0 Å². The summed E-state index contributed by atoms with van der Waals surface area (Å²) in [7, 11) is 0. The molecule has 40 heavy (non-hydrogen) atoms. The van der Waals surface area contributed by atoms with Crippen molar-refractivity contribution in [2.24, 2.45) is 0 Å². The van der Waals surface area contributed by atoms with Crippen molar-refractivity contribution in [1.82, 2.24) is 0 Å². The molecule has 0 aliphatic rings. The van der Waals surface area contributed by atoms with Gasteiger partial charge in [0.2, 0.25) is 0 Å². The number of furan rings is 2. The average molecular weight is 526 g/mol. The Hall–Kier alpha value is -5.34. The first-order valence-corrected chi connectivity index (χ1v) is 12.4. The van der Waals surface area contributed by atoms with Crippen molar-refractivity contribution in [3.8, 4) is 22.3 Å². The van der Waals surface area contributed by atoms with Crippen molar-refractivity contribution < 1.29 is 29.4 Å². The maximum absolute atomic E-state index is 9.42. The lowest BCUT2D eigenvalue weighted by Gasteiger charge is -2.18. The summed E-state index contributed by atoms with van der Waals surface area (Å²) in [6.45, 7) is 0. The molecule has 2 heterocycles. The van der Waals surface area contributed by atoms with E-state index in [0.717, 1.165) is 0 Å². The second-order valence-corrected chi connectivity index (χ2v) is 9.32. The third kappa shape index (κ3) is 2.93. The molecule has 2 aromatic heterocycles. The number of fused-ring (bicyclic) bond motifs is 7. The second kappa shape index (κ2) is 8.08. The van der Waals surface area contributed by atoms with Gasteiger partial charge in [-0.25, -0.2) is 0 Å². The van der Waals surface area contributed by atoms with E-state index in [9.17, 15) is 8.22 Å². The monoisotopic (exact) mass is 525 g/mol. The molecule has 2 nitrogen and oxygen atoms in total. The number of hydrogen-bond donors (Lipinski definition) is 0. The lowest BCUT2D eigenvalue weighted by Crippen LogP contribution is -1.92. The van der Waals surface area contributed by atoms with Crippen LogP contribution in [0.15, 0.2) is 142 Å². The molecule has 0 aliphatic carbocycles. The van der Waals surface area contributed by atoms with Crippen LogP contribution >= 0.6 is 0 Å². The highest BCUT2D eigenvalue weighted by molar-refractivity contribution is 6.27. The first-order chi connectivity index (χ1) is 26.1. The van der Waals surface area contributed by atoms with Crippen LogP contribution in [0, 0.1) is 0 Å². The molecule has 0 spiro atoms. The third-order valence-electron chi connectivity index (χ3n) is 7.21. The Morgan fingerprint density at radius 1 is 0.500 bits per heavy atom. The summed E-state index contributed by atoms with van der Waals surface area (Å²) in [5.74, 6) is 0. The van der Waals surface area contributed by atoms with Gasteiger partial charge in [0.15, 0.2) is 0 Å². The molecule has 0 aliphatic heterocycles. The Morgan fingerprint density at radius 2 is 1.18 bits per heavy atom. The normalized spacial score (nSPS) is 17.2. The smallest absolute Gasteiger partial charge is 0.147 e. The van der Waals surface area contributed by atoms with Crippen LogP contribution in [-0.2, 0) is 0 Å². The molecular formula is C38H22O2. The summed E-state index contributed by atoms with van der Waals surface area (Å²) < 4.78 is 146. The van der Waals surface area contributed by atoms with Crippen molar-refractivity contribution in [2.45, 2.75) is 0 Å². The molecule has 2 heteroatoms. The molecule has 0 saturated carbocycles. The molecule has 0 saturated heterocycles. The maximum Gasteiger partial charge on any atom is 0.147 e. The Balaban J connectivity index is 1.66. The standard InChI is InChI=1S/C38H22O2/c1-2-10-24-21-25(18-17-23(24)9-1)34-28-12-3-5-14-30(28)35(31-15-6-4-13-29(31)34)36-37-26(19-20-39-37)22-32-27-11-7-8-16-33(27)40-38(32)36/h1-22H/i1D,2D,3D,4D,5D,6D,9D,10D,12D,13D,14D,15D,17D,18D,21D. The van der Waals surface area contributed by atoms with Crippen LogP contribution in [0.2, 0.25) is 0 Å². The molecular weight excluding hydrogens is 488 g/mol. The van der Waals surface area contributed by atoms with Gasteiger partial charge in [0.25, 0.3) is 0 Å². The minimum atomic E-state index is -0.759. The van der Waals surface area contributed by atoms with Gasteiger partial charge in [-0.3, -0.25) is 0 Å². The summed E-state index contributed by atoms with van der Waals surface area (Å²) in [6.07, 6.45) is 1.41. The fraction of sp³-hybridized carbons (Fsp3) is 0. The molecule has 0 amide bonds. The fourth-order valence-corrected chi connectivity index (χ4v) is 5.55. The largest absolute Gasteiger partial charge is 0.464 e.